The van der Waals surface area contributed by atoms with Crippen molar-refractivity contribution in [3.8, 4) is 0 Å². The summed E-state index contributed by atoms with van der Waals surface area (Å²) < 4.78 is 12.1. The van der Waals surface area contributed by atoms with Crippen LogP contribution in [0.3, 0.4) is 0 Å². The van der Waals surface area contributed by atoms with Crippen molar-refractivity contribution >= 4 is 12.7 Å². The van der Waals surface area contributed by atoms with Crippen LogP contribution in [0.15, 0.2) is 30.3 Å². The van der Waals surface area contributed by atoms with Gasteiger partial charge in [0, 0.05) is 11.3 Å². The van der Waals surface area contributed by atoms with Gasteiger partial charge in [0.2, 0.25) is 7.37 Å². The molecule has 0 aliphatic rings. The number of benzene rings is 1. The molecule has 2 atom stereocenters. The van der Waals surface area contributed by atoms with E-state index in [4.69, 9.17) is 0 Å². The third kappa shape index (κ3) is 3.16. The highest BCUT2D eigenvalue weighted by atomic mass is 31.2. The minimum absolute atomic E-state index is 0.198. The number of nitrogens with one attached hydrogen (secondary N) is 1. The summed E-state index contributed by atoms with van der Waals surface area (Å²) in [6.45, 7) is 5.66. The van der Waals surface area contributed by atoms with Gasteiger partial charge in [-0.05, 0) is 19.1 Å². The lowest BCUT2D eigenvalue weighted by Crippen LogP contribution is -2.34. The smallest absolute Gasteiger partial charge is 0.245 e. The maximum atomic E-state index is 12.1. The highest BCUT2D eigenvalue weighted by molar-refractivity contribution is 7.66. The summed E-state index contributed by atoms with van der Waals surface area (Å²) in [4.78, 5) is 10.00. The SMILES string of the molecule is CC(C)NC(C)P(=O)(O)c1ccccc1. The molecule has 0 spiro atoms. The first-order valence-corrected chi connectivity index (χ1v) is 6.81. The van der Waals surface area contributed by atoms with Gasteiger partial charge in [-0.25, -0.2) is 0 Å². The molecule has 1 aromatic rings. The quantitative estimate of drug-likeness (QED) is 0.773. The Bertz CT molecular complexity index is 351. The zero-order chi connectivity index (χ0) is 11.5. The van der Waals surface area contributed by atoms with Gasteiger partial charge in [0.1, 0.15) is 0 Å². The van der Waals surface area contributed by atoms with Gasteiger partial charge in [0.05, 0.1) is 5.78 Å². The molecule has 3 nitrogen and oxygen atoms in total. The summed E-state index contributed by atoms with van der Waals surface area (Å²) in [6, 6.07) is 8.98. The van der Waals surface area contributed by atoms with Crippen LogP contribution in [0.25, 0.3) is 0 Å². The molecule has 2 N–H and O–H groups in total. The van der Waals surface area contributed by atoms with E-state index in [-0.39, 0.29) is 6.04 Å². The normalized spacial score (nSPS) is 17.4. The highest BCUT2D eigenvalue weighted by Crippen LogP contribution is 2.43. The minimum atomic E-state index is -3.30. The van der Waals surface area contributed by atoms with E-state index in [0.717, 1.165) is 0 Å². The van der Waals surface area contributed by atoms with E-state index in [1.165, 1.54) is 0 Å². The molecule has 0 aliphatic carbocycles. The molecule has 0 amide bonds. The zero-order valence-electron chi connectivity index (χ0n) is 9.34. The van der Waals surface area contributed by atoms with Crippen molar-refractivity contribution < 1.29 is 9.46 Å². The molecule has 1 rings (SSSR count). The summed E-state index contributed by atoms with van der Waals surface area (Å²) in [5.41, 5.74) is 0. The van der Waals surface area contributed by atoms with E-state index in [2.05, 4.69) is 5.32 Å². The Morgan fingerprint density at radius 1 is 1.20 bits per heavy atom. The summed E-state index contributed by atoms with van der Waals surface area (Å²) in [5.74, 6) is -0.417. The second-order valence-corrected chi connectivity index (χ2v) is 6.49. The topological polar surface area (TPSA) is 49.3 Å². The average Bonchev–Trinajstić information content (AvgIpc) is 2.18. The summed E-state index contributed by atoms with van der Waals surface area (Å²) in [6.07, 6.45) is 0. The van der Waals surface area contributed by atoms with E-state index < -0.39 is 13.2 Å². The molecule has 0 saturated carbocycles. The predicted molar refractivity (Wildman–Crippen MR) is 63.6 cm³/mol. The van der Waals surface area contributed by atoms with E-state index >= 15 is 0 Å². The Morgan fingerprint density at radius 3 is 2.20 bits per heavy atom. The zero-order valence-corrected chi connectivity index (χ0v) is 10.2. The molecule has 0 aliphatic heterocycles. The molecule has 84 valence electrons. The van der Waals surface area contributed by atoms with Crippen LogP contribution in [0.2, 0.25) is 0 Å². The Morgan fingerprint density at radius 2 is 1.73 bits per heavy atom. The van der Waals surface area contributed by atoms with Gasteiger partial charge in [0.15, 0.2) is 0 Å². The molecule has 0 saturated heterocycles. The van der Waals surface area contributed by atoms with E-state index in [1.54, 1.807) is 31.2 Å². The third-order valence-electron chi connectivity index (χ3n) is 2.23. The van der Waals surface area contributed by atoms with E-state index in [0.29, 0.717) is 5.30 Å². The molecule has 1 aromatic carbocycles. The summed E-state index contributed by atoms with van der Waals surface area (Å²) in [7, 11) is -3.30. The Labute approximate surface area is 91.0 Å². The van der Waals surface area contributed by atoms with E-state index in [1.807, 2.05) is 19.9 Å². The Hall–Kier alpha value is -0.630. The fraction of sp³-hybridized carbons (Fsp3) is 0.455. The summed E-state index contributed by atoms with van der Waals surface area (Å²) in [5, 5.41) is 3.57. The van der Waals surface area contributed by atoms with Gasteiger partial charge in [-0.1, -0.05) is 32.0 Å². The van der Waals surface area contributed by atoms with Crippen LogP contribution in [0.5, 0.6) is 0 Å². The first-order chi connectivity index (χ1) is 6.94. The van der Waals surface area contributed by atoms with Crippen LogP contribution >= 0.6 is 7.37 Å². The van der Waals surface area contributed by atoms with Crippen molar-refractivity contribution in [3.05, 3.63) is 30.3 Å². The monoisotopic (exact) mass is 227 g/mol. The van der Waals surface area contributed by atoms with Crippen LogP contribution in [-0.2, 0) is 4.57 Å². The lowest BCUT2D eigenvalue weighted by Gasteiger charge is -2.22. The van der Waals surface area contributed by atoms with Crippen LogP contribution in [0, 0.1) is 0 Å². The van der Waals surface area contributed by atoms with Crippen molar-refractivity contribution in [2.24, 2.45) is 0 Å². The molecule has 0 fully saturated rings. The number of hydrogen-bond donors (Lipinski definition) is 2. The second kappa shape index (κ2) is 4.93. The Balaban J connectivity index is 2.88. The lowest BCUT2D eigenvalue weighted by atomic mass is 10.4. The van der Waals surface area contributed by atoms with Crippen molar-refractivity contribution in [3.63, 3.8) is 0 Å². The maximum Gasteiger partial charge on any atom is 0.245 e. The molecular weight excluding hydrogens is 209 g/mol. The third-order valence-corrected chi connectivity index (χ3v) is 4.46. The largest absolute Gasteiger partial charge is 0.340 e. The average molecular weight is 227 g/mol. The van der Waals surface area contributed by atoms with Gasteiger partial charge >= 0.3 is 0 Å². The fourth-order valence-corrected chi connectivity index (χ4v) is 3.00. The number of hydrogen-bond acceptors (Lipinski definition) is 2. The van der Waals surface area contributed by atoms with Crippen LogP contribution in [0.4, 0.5) is 0 Å². The molecule has 0 bridgehead atoms. The standard InChI is InChI=1S/C11H18NO2P/c1-9(2)12-10(3)15(13,14)11-7-5-4-6-8-11/h4-10,12H,1-3H3,(H,13,14). The Kier molecular flexibility index (Phi) is 4.09. The van der Waals surface area contributed by atoms with Gasteiger partial charge in [-0.15, -0.1) is 0 Å². The van der Waals surface area contributed by atoms with Gasteiger partial charge in [-0.2, -0.15) is 0 Å². The van der Waals surface area contributed by atoms with Gasteiger partial charge in [-0.3, -0.25) is 4.57 Å². The van der Waals surface area contributed by atoms with Crippen LogP contribution in [0.1, 0.15) is 20.8 Å². The minimum Gasteiger partial charge on any atom is -0.340 e. The van der Waals surface area contributed by atoms with Crippen molar-refractivity contribution in [2.45, 2.75) is 32.6 Å². The molecule has 0 aromatic heterocycles. The van der Waals surface area contributed by atoms with Gasteiger partial charge < -0.3 is 10.2 Å². The van der Waals surface area contributed by atoms with Crippen molar-refractivity contribution in [2.75, 3.05) is 0 Å². The molecular formula is C11H18NO2P. The van der Waals surface area contributed by atoms with Crippen molar-refractivity contribution in [1.29, 1.82) is 0 Å². The van der Waals surface area contributed by atoms with Crippen LogP contribution in [-0.4, -0.2) is 16.7 Å². The molecule has 15 heavy (non-hydrogen) atoms. The van der Waals surface area contributed by atoms with E-state index in [9.17, 15) is 9.46 Å². The van der Waals surface area contributed by atoms with Crippen molar-refractivity contribution in [1.82, 2.24) is 5.32 Å². The number of rotatable bonds is 4. The first kappa shape index (κ1) is 12.4. The molecule has 0 radical (unpaired) electrons. The lowest BCUT2D eigenvalue weighted by molar-refractivity contribution is 0.452. The first-order valence-electron chi connectivity index (χ1n) is 5.08. The second-order valence-electron chi connectivity index (χ2n) is 3.96. The molecule has 2 unspecified atom stereocenters. The molecule has 4 heteroatoms. The van der Waals surface area contributed by atoms with Crippen LogP contribution < -0.4 is 10.6 Å². The summed E-state index contributed by atoms with van der Waals surface area (Å²) >= 11 is 0. The predicted octanol–water partition coefficient (Wildman–Crippen LogP) is 1.93. The van der Waals surface area contributed by atoms with Gasteiger partial charge in [0.25, 0.3) is 0 Å². The maximum absolute atomic E-state index is 12.1. The molecule has 0 heterocycles. The highest BCUT2D eigenvalue weighted by Gasteiger charge is 2.28. The fourth-order valence-electron chi connectivity index (χ4n) is 1.45.